The van der Waals surface area contributed by atoms with Gasteiger partial charge in [-0.1, -0.05) is 17.7 Å². The van der Waals surface area contributed by atoms with Gasteiger partial charge in [0.25, 0.3) is 5.91 Å². The number of carbonyl (C=O) groups excluding carboxylic acids is 2. The molecule has 1 amide bonds. The fourth-order valence-corrected chi connectivity index (χ4v) is 2.93. The van der Waals surface area contributed by atoms with E-state index in [1.807, 2.05) is 0 Å². The highest BCUT2D eigenvalue weighted by Crippen LogP contribution is 2.33. The van der Waals surface area contributed by atoms with Gasteiger partial charge < -0.3 is 14.6 Å². The van der Waals surface area contributed by atoms with Crippen LogP contribution in [0.5, 0.6) is 5.75 Å². The van der Waals surface area contributed by atoms with Gasteiger partial charge in [0.05, 0.1) is 15.9 Å². The molecule has 0 N–H and O–H groups in total. The molecule has 6 nitrogen and oxygen atoms in total. The number of thioether (sulfide) groups is 1. The molecular formula is C14H12ClN2O4S-. The highest BCUT2D eigenvalue weighted by atomic mass is 35.5. The molecule has 8 heteroatoms. The molecule has 1 saturated heterocycles. The van der Waals surface area contributed by atoms with Crippen LogP contribution in [0.1, 0.15) is 5.56 Å². The summed E-state index contributed by atoms with van der Waals surface area (Å²) in [5.41, 5.74) is 0.701. The summed E-state index contributed by atoms with van der Waals surface area (Å²) in [4.78, 5) is 28.4. The van der Waals surface area contributed by atoms with Crippen LogP contribution in [0.15, 0.2) is 28.1 Å². The lowest BCUT2D eigenvalue weighted by atomic mass is 10.2. The van der Waals surface area contributed by atoms with Crippen LogP contribution in [-0.4, -0.2) is 42.6 Å². The first-order chi connectivity index (χ1) is 10.4. The highest BCUT2D eigenvalue weighted by molar-refractivity contribution is 8.18. The molecule has 0 saturated carbocycles. The quantitative estimate of drug-likeness (QED) is 0.764. The second kappa shape index (κ2) is 6.85. The number of halogens is 1. The number of carbonyl (C=O) groups is 2. The van der Waals surface area contributed by atoms with E-state index in [0.29, 0.717) is 15.6 Å². The van der Waals surface area contributed by atoms with Crippen LogP contribution in [-0.2, 0) is 9.59 Å². The van der Waals surface area contributed by atoms with Crippen molar-refractivity contribution in [2.24, 2.45) is 4.99 Å². The smallest absolute Gasteiger partial charge is 0.266 e. The van der Waals surface area contributed by atoms with Crippen LogP contribution in [0, 0.1) is 0 Å². The summed E-state index contributed by atoms with van der Waals surface area (Å²) in [6.07, 6.45) is 1.69. The van der Waals surface area contributed by atoms with Crippen molar-refractivity contribution in [1.29, 1.82) is 0 Å². The lowest BCUT2D eigenvalue weighted by Crippen LogP contribution is -2.28. The standard InChI is InChI=1S/C14H13ClN2O4S/c1-16-14-17(2)13(20)11(22-14)6-8-3-4-10(9(15)5-8)21-7-12(18)19/h3-6H,7H2,1-2H3,(H,18,19)/p-1/b11-6-,16-14?. The Labute approximate surface area is 136 Å². The number of amidine groups is 1. The molecule has 1 aromatic rings. The molecular weight excluding hydrogens is 328 g/mol. The normalized spacial score (nSPS) is 18.3. The SMILES string of the molecule is CN=C1S/C(=C\c2ccc(OCC(=O)[O-])c(Cl)c2)C(=O)N1C. The maximum atomic E-state index is 12.0. The minimum absolute atomic E-state index is 0.140. The van der Waals surface area contributed by atoms with E-state index in [1.54, 1.807) is 38.4 Å². The predicted octanol–water partition coefficient (Wildman–Crippen LogP) is 1.00. The van der Waals surface area contributed by atoms with E-state index in [1.165, 1.54) is 16.7 Å². The van der Waals surface area contributed by atoms with Crippen molar-refractivity contribution >= 4 is 46.5 Å². The van der Waals surface area contributed by atoms with Crippen molar-refractivity contribution in [3.63, 3.8) is 0 Å². The number of carboxylic acid groups (broad SMARTS) is 1. The van der Waals surface area contributed by atoms with Crippen LogP contribution in [0.3, 0.4) is 0 Å². The number of benzene rings is 1. The Morgan fingerprint density at radius 2 is 2.27 bits per heavy atom. The number of nitrogens with zero attached hydrogens (tertiary/aromatic N) is 2. The Morgan fingerprint density at radius 1 is 1.55 bits per heavy atom. The third-order valence-electron chi connectivity index (χ3n) is 2.79. The van der Waals surface area contributed by atoms with Gasteiger partial charge in [-0.25, -0.2) is 0 Å². The van der Waals surface area contributed by atoms with E-state index in [0.717, 1.165) is 0 Å². The van der Waals surface area contributed by atoms with Crippen molar-refractivity contribution in [2.45, 2.75) is 0 Å². The van der Waals surface area contributed by atoms with Gasteiger partial charge in [-0.05, 0) is 35.5 Å². The van der Waals surface area contributed by atoms with Crippen LogP contribution in [0.2, 0.25) is 5.02 Å². The summed E-state index contributed by atoms with van der Waals surface area (Å²) in [5, 5.41) is 11.2. The largest absolute Gasteiger partial charge is 0.546 e. The molecule has 0 unspecified atom stereocenters. The van der Waals surface area contributed by atoms with E-state index in [2.05, 4.69) is 4.99 Å². The van der Waals surface area contributed by atoms with Gasteiger partial charge in [0.1, 0.15) is 12.4 Å². The van der Waals surface area contributed by atoms with E-state index in [9.17, 15) is 14.7 Å². The number of aliphatic carboxylic acids is 1. The van der Waals surface area contributed by atoms with Crippen molar-refractivity contribution in [3.05, 3.63) is 33.7 Å². The predicted molar refractivity (Wildman–Crippen MR) is 83.7 cm³/mol. The Morgan fingerprint density at radius 3 is 2.82 bits per heavy atom. The molecule has 116 valence electrons. The topological polar surface area (TPSA) is 82.0 Å². The maximum absolute atomic E-state index is 12.0. The third kappa shape index (κ3) is 3.61. The molecule has 0 aliphatic carbocycles. The molecule has 22 heavy (non-hydrogen) atoms. The molecule has 0 bridgehead atoms. The minimum atomic E-state index is -1.33. The van der Waals surface area contributed by atoms with Crippen molar-refractivity contribution in [1.82, 2.24) is 4.90 Å². The Bertz CT molecular complexity index is 687. The van der Waals surface area contributed by atoms with E-state index in [4.69, 9.17) is 16.3 Å². The molecule has 0 spiro atoms. The van der Waals surface area contributed by atoms with Crippen LogP contribution in [0.4, 0.5) is 0 Å². The van der Waals surface area contributed by atoms with Gasteiger partial charge in [0.2, 0.25) is 0 Å². The molecule has 0 radical (unpaired) electrons. The molecule has 0 aromatic heterocycles. The number of ether oxygens (including phenoxy) is 1. The Kier molecular flexibility index (Phi) is 5.10. The fourth-order valence-electron chi connectivity index (χ4n) is 1.76. The molecule has 1 aromatic carbocycles. The van der Waals surface area contributed by atoms with Gasteiger partial charge in [0, 0.05) is 14.1 Å². The summed E-state index contributed by atoms with van der Waals surface area (Å²) in [7, 11) is 3.28. The summed E-state index contributed by atoms with van der Waals surface area (Å²) in [6, 6.07) is 4.81. The van der Waals surface area contributed by atoms with Gasteiger partial charge in [-0.2, -0.15) is 0 Å². The molecule has 0 atom stereocenters. The monoisotopic (exact) mass is 339 g/mol. The average Bonchev–Trinajstić information content (AvgIpc) is 2.74. The van der Waals surface area contributed by atoms with Crippen molar-refractivity contribution in [2.75, 3.05) is 20.7 Å². The van der Waals surface area contributed by atoms with Crippen LogP contribution in [0.25, 0.3) is 6.08 Å². The van der Waals surface area contributed by atoms with Gasteiger partial charge in [0.15, 0.2) is 5.17 Å². The Hall–Kier alpha value is -1.99. The summed E-state index contributed by atoms with van der Waals surface area (Å²) >= 11 is 7.30. The minimum Gasteiger partial charge on any atom is -0.546 e. The molecule has 1 fully saturated rings. The van der Waals surface area contributed by atoms with Gasteiger partial charge >= 0.3 is 0 Å². The lowest BCUT2D eigenvalue weighted by molar-refractivity contribution is -0.307. The number of amides is 1. The molecule has 1 heterocycles. The van der Waals surface area contributed by atoms with Gasteiger partial charge in [-0.3, -0.25) is 14.7 Å². The first-order valence-corrected chi connectivity index (χ1v) is 7.38. The second-order valence-corrected chi connectivity index (χ2v) is 5.75. The number of carboxylic acids is 1. The van der Waals surface area contributed by atoms with Crippen molar-refractivity contribution < 1.29 is 19.4 Å². The molecule has 2 rings (SSSR count). The Balaban J connectivity index is 2.21. The fraction of sp³-hybridized carbons (Fsp3) is 0.214. The van der Waals surface area contributed by atoms with Crippen molar-refractivity contribution in [3.8, 4) is 5.75 Å². The maximum Gasteiger partial charge on any atom is 0.266 e. The number of likely N-dealkylation sites (N-methyl/N-ethyl adjacent to an activating group) is 1. The average molecular weight is 340 g/mol. The molecule has 1 aliphatic heterocycles. The van der Waals surface area contributed by atoms with E-state index < -0.39 is 12.6 Å². The highest BCUT2D eigenvalue weighted by Gasteiger charge is 2.29. The number of aliphatic imine (C=N–C) groups is 1. The zero-order chi connectivity index (χ0) is 16.3. The van der Waals surface area contributed by atoms with E-state index in [-0.39, 0.29) is 16.7 Å². The zero-order valence-corrected chi connectivity index (χ0v) is 13.4. The summed E-state index contributed by atoms with van der Waals surface area (Å²) < 4.78 is 4.98. The second-order valence-electron chi connectivity index (χ2n) is 4.33. The first-order valence-electron chi connectivity index (χ1n) is 6.19. The molecule has 1 aliphatic rings. The van der Waals surface area contributed by atoms with Crippen LogP contribution < -0.4 is 9.84 Å². The third-order valence-corrected chi connectivity index (χ3v) is 4.24. The summed E-state index contributed by atoms with van der Waals surface area (Å²) in [5.74, 6) is -1.23. The first kappa shape index (κ1) is 16.4. The summed E-state index contributed by atoms with van der Waals surface area (Å²) in [6.45, 7) is -0.574. The lowest BCUT2D eigenvalue weighted by Gasteiger charge is -2.09. The number of rotatable bonds is 4. The van der Waals surface area contributed by atoms with Crippen LogP contribution >= 0.6 is 23.4 Å². The van der Waals surface area contributed by atoms with E-state index >= 15 is 0 Å². The number of hydrogen-bond donors (Lipinski definition) is 0. The zero-order valence-electron chi connectivity index (χ0n) is 11.8. The number of hydrogen-bond acceptors (Lipinski definition) is 6. The van der Waals surface area contributed by atoms with Gasteiger partial charge in [-0.15, -0.1) is 0 Å².